The minimum absolute atomic E-state index is 0.0921. The minimum Gasteiger partial charge on any atom is -0.381 e. The Balaban J connectivity index is 1.54. The van der Waals surface area contributed by atoms with Crippen LogP contribution in [0.2, 0.25) is 0 Å². The second kappa shape index (κ2) is 6.67. The molecule has 114 valence electrons. The van der Waals surface area contributed by atoms with Crippen LogP contribution in [0.25, 0.3) is 0 Å². The molecule has 1 unspecified atom stereocenters. The van der Waals surface area contributed by atoms with Crippen molar-refractivity contribution < 1.29 is 14.3 Å². The second-order valence-corrected chi connectivity index (χ2v) is 6.16. The summed E-state index contributed by atoms with van der Waals surface area (Å²) < 4.78 is 11.4. The van der Waals surface area contributed by atoms with Gasteiger partial charge in [0.15, 0.2) is 0 Å². The van der Waals surface area contributed by atoms with Crippen molar-refractivity contribution in [1.82, 2.24) is 4.98 Å². The summed E-state index contributed by atoms with van der Waals surface area (Å²) in [7, 11) is 0. The van der Waals surface area contributed by atoms with Gasteiger partial charge in [0.25, 0.3) is 0 Å². The van der Waals surface area contributed by atoms with Gasteiger partial charge in [0.05, 0.1) is 5.60 Å². The van der Waals surface area contributed by atoms with Crippen LogP contribution in [0.5, 0.6) is 0 Å². The van der Waals surface area contributed by atoms with Crippen molar-refractivity contribution in [2.24, 2.45) is 5.92 Å². The minimum atomic E-state index is -0.0921. The van der Waals surface area contributed by atoms with Crippen molar-refractivity contribution in [2.45, 2.75) is 44.1 Å². The molecule has 2 aliphatic rings. The van der Waals surface area contributed by atoms with E-state index in [9.17, 15) is 4.79 Å². The number of carbonyl (C=O) groups excluding carboxylic acids is 1. The van der Waals surface area contributed by atoms with E-state index in [1.54, 1.807) is 6.20 Å². The Bertz CT molecular complexity index is 463. The van der Waals surface area contributed by atoms with E-state index < -0.39 is 0 Å². The number of ether oxygens (including phenoxy) is 2. The third-order valence-corrected chi connectivity index (χ3v) is 4.74. The first-order valence-electron chi connectivity index (χ1n) is 7.91. The maximum atomic E-state index is 12.5. The molecule has 0 radical (unpaired) electrons. The van der Waals surface area contributed by atoms with Gasteiger partial charge in [-0.3, -0.25) is 9.78 Å². The van der Waals surface area contributed by atoms with E-state index in [2.05, 4.69) is 4.98 Å². The molecule has 0 saturated carbocycles. The molecule has 3 heterocycles. The van der Waals surface area contributed by atoms with Crippen LogP contribution in [0.1, 0.15) is 37.7 Å². The molecule has 4 nitrogen and oxygen atoms in total. The van der Waals surface area contributed by atoms with Gasteiger partial charge in [-0.1, -0.05) is 6.07 Å². The van der Waals surface area contributed by atoms with E-state index in [-0.39, 0.29) is 11.5 Å². The zero-order valence-electron chi connectivity index (χ0n) is 12.4. The standard InChI is InChI=1S/C17H23NO3/c19-16(4-3-14-2-1-8-18-13-14)15-5-9-21-17(12-15)6-10-20-11-7-17/h1-2,8,13,15H,3-7,9-12H2. The van der Waals surface area contributed by atoms with Gasteiger partial charge in [-0.2, -0.15) is 0 Å². The van der Waals surface area contributed by atoms with Crippen molar-refractivity contribution in [2.75, 3.05) is 19.8 Å². The molecule has 1 spiro atoms. The number of pyridine rings is 1. The normalized spacial score (nSPS) is 24.9. The number of hydrogen-bond donors (Lipinski definition) is 0. The van der Waals surface area contributed by atoms with Gasteiger partial charge < -0.3 is 9.47 Å². The summed E-state index contributed by atoms with van der Waals surface area (Å²) in [5, 5.41) is 0. The molecule has 0 bridgehead atoms. The highest BCUT2D eigenvalue weighted by molar-refractivity contribution is 5.81. The Morgan fingerprint density at radius 1 is 1.33 bits per heavy atom. The van der Waals surface area contributed by atoms with Crippen LogP contribution in [0, 0.1) is 5.92 Å². The molecular formula is C17H23NO3. The van der Waals surface area contributed by atoms with Gasteiger partial charge in [-0.15, -0.1) is 0 Å². The lowest BCUT2D eigenvalue weighted by atomic mass is 9.78. The maximum Gasteiger partial charge on any atom is 0.136 e. The molecule has 0 aromatic carbocycles. The molecule has 4 heteroatoms. The fourth-order valence-corrected chi connectivity index (χ4v) is 3.41. The quantitative estimate of drug-likeness (QED) is 0.854. The van der Waals surface area contributed by atoms with Crippen LogP contribution in [-0.4, -0.2) is 36.2 Å². The lowest BCUT2D eigenvalue weighted by molar-refractivity contribution is -0.157. The molecule has 3 rings (SSSR count). The van der Waals surface area contributed by atoms with E-state index in [0.29, 0.717) is 18.8 Å². The predicted octanol–water partition coefficient (Wildman–Crippen LogP) is 2.56. The van der Waals surface area contributed by atoms with Gasteiger partial charge in [-0.25, -0.2) is 0 Å². The van der Waals surface area contributed by atoms with Gasteiger partial charge in [0.2, 0.25) is 0 Å². The first-order valence-corrected chi connectivity index (χ1v) is 7.91. The number of rotatable bonds is 4. The SMILES string of the molecule is O=C(CCc1cccnc1)C1CCOC2(CCOCC2)C1. The molecular weight excluding hydrogens is 266 g/mol. The lowest BCUT2D eigenvalue weighted by Gasteiger charge is -2.43. The zero-order chi connectivity index (χ0) is 14.5. The van der Waals surface area contributed by atoms with Gasteiger partial charge in [-0.05, 0) is 43.7 Å². The van der Waals surface area contributed by atoms with Crippen molar-refractivity contribution in [3.63, 3.8) is 0 Å². The zero-order valence-corrected chi connectivity index (χ0v) is 12.4. The maximum absolute atomic E-state index is 12.5. The molecule has 0 N–H and O–H groups in total. The Morgan fingerprint density at radius 3 is 2.95 bits per heavy atom. The average Bonchev–Trinajstić information content (AvgIpc) is 2.54. The highest BCUT2D eigenvalue weighted by Crippen LogP contribution is 2.37. The van der Waals surface area contributed by atoms with Crippen molar-refractivity contribution in [3.8, 4) is 0 Å². The highest BCUT2D eigenvalue weighted by Gasteiger charge is 2.40. The number of ketones is 1. The van der Waals surface area contributed by atoms with E-state index >= 15 is 0 Å². The number of aryl methyl sites for hydroxylation is 1. The van der Waals surface area contributed by atoms with Crippen molar-refractivity contribution in [1.29, 1.82) is 0 Å². The third kappa shape index (κ3) is 3.69. The summed E-state index contributed by atoms with van der Waals surface area (Å²) in [6.07, 6.45) is 8.62. The monoisotopic (exact) mass is 289 g/mol. The molecule has 0 amide bonds. The van der Waals surface area contributed by atoms with Crippen LogP contribution in [0.15, 0.2) is 24.5 Å². The Morgan fingerprint density at radius 2 is 2.19 bits per heavy atom. The van der Waals surface area contributed by atoms with Gasteiger partial charge >= 0.3 is 0 Å². The molecule has 2 saturated heterocycles. The molecule has 1 aromatic heterocycles. The predicted molar refractivity (Wildman–Crippen MR) is 79.0 cm³/mol. The first kappa shape index (κ1) is 14.7. The molecule has 1 atom stereocenters. The van der Waals surface area contributed by atoms with E-state index in [1.165, 1.54) is 0 Å². The third-order valence-electron chi connectivity index (χ3n) is 4.74. The number of hydrogen-bond acceptors (Lipinski definition) is 4. The van der Waals surface area contributed by atoms with E-state index in [4.69, 9.17) is 9.47 Å². The van der Waals surface area contributed by atoms with Gasteiger partial charge in [0, 0.05) is 44.6 Å². The number of Topliss-reactive ketones (excluding diaryl/α,β-unsaturated/α-hetero) is 1. The van der Waals surface area contributed by atoms with E-state index in [0.717, 1.165) is 50.9 Å². The largest absolute Gasteiger partial charge is 0.381 e. The van der Waals surface area contributed by atoms with Crippen LogP contribution in [0.4, 0.5) is 0 Å². The summed E-state index contributed by atoms with van der Waals surface area (Å²) in [6.45, 7) is 2.23. The smallest absolute Gasteiger partial charge is 0.136 e. The molecule has 1 aromatic rings. The Kier molecular flexibility index (Phi) is 4.66. The fraction of sp³-hybridized carbons (Fsp3) is 0.647. The summed E-state index contributed by atoms with van der Waals surface area (Å²) in [5.74, 6) is 0.543. The van der Waals surface area contributed by atoms with Crippen LogP contribution < -0.4 is 0 Å². The Labute approximate surface area is 125 Å². The van der Waals surface area contributed by atoms with Crippen molar-refractivity contribution in [3.05, 3.63) is 30.1 Å². The highest BCUT2D eigenvalue weighted by atomic mass is 16.5. The summed E-state index contributed by atoms with van der Waals surface area (Å²) >= 11 is 0. The summed E-state index contributed by atoms with van der Waals surface area (Å²) in [5.41, 5.74) is 1.05. The van der Waals surface area contributed by atoms with E-state index in [1.807, 2.05) is 18.3 Å². The summed E-state index contributed by atoms with van der Waals surface area (Å²) in [6, 6.07) is 3.95. The Hall–Kier alpha value is -1.26. The van der Waals surface area contributed by atoms with Crippen LogP contribution >= 0.6 is 0 Å². The number of carbonyl (C=O) groups is 1. The first-order chi connectivity index (χ1) is 10.3. The van der Waals surface area contributed by atoms with Crippen LogP contribution in [0.3, 0.4) is 0 Å². The lowest BCUT2D eigenvalue weighted by Crippen LogP contribution is -2.45. The summed E-state index contributed by atoms with van der Waals surface area (Å²) in [4.78, 5) is 16.6. The van der Waals surface area contributed by atoms with Gasteiger partial charge in [0.1, 0.15) is 5.78 Å². The molecule has 21 heavy (non-hydrogen) atoms. The molecule has 2 fully saturated rings. The second-order valence-electron chi connectivity index (χ2n) is 6.16. The average molecular weight is 289 g/mol. The fourth-order valence-electron chi connectivity index (χ4n) is 3.41. The topological polar surface area (TPSA) is 48.4 Å². The molecule has 0 aliphatic carbocycles. The number of aromatic nitrogens is 1. The van der Waals surface area contributed by atoms with Crippen LogP contribution in [-0.2, 0) is 20.7 Å². The molecule has 2 aliphatic heterocycles. The van der Waals surface area contributed by atoms with Crippen molar-refractivity contribution >= 4 is 5.78 Å². The number of nitrogens with zero attached hydrogens (tertiary/aromatic N) is 1.